The first-order valence-electron chi connectivity index (χ1n) is 8.04. The molecule has 1 nitrogen and oxygen atoms in total. The minimum Gasteiger partial charge on any atom is -0.358 e. The van der Waals surface area contributed by atoms with Crippen molar-refractivity contribution in [3.05, 3.63) is 65.7 Å². The van der Waals surface area contributed by atoms with E-state index in [4.69, 9.17) is 0 Å². The number of piperidine rings is 1. The Morgan fingerprint density at radius 3 is 2.29 bits per heavy atom. The lowest BCUT2D eigenvalue weighted by molar-refractivity contribution is -0.137. The van der Waals surface area contributed by atoms with Crippen LogP contribution < -0.4 is 4.90 Å². The van der Waals surface area contributed by atoms with E-state index in [-0.39, 0.29) is 6.04 Å². The monoisotopic (exact) mass is 329 g/mol. The number of anilines is 1. The second-order valence-corrected chi connectivity index (χ2v) is 5.88. The van der Waals surface area contributed by atoms with E-state index in [1.165, 1.54) is 0 Å². The maximum Gasteiger partial charge on any atom is 0.416 e. The van der Waals surface area contributed by atoms with Crippen molar-refractivity contribution in [1.29, 1.82) is 0 Å². The number of alkyl halides is 3. The molecule has 2 aromatic carbocycles. The molecule has 1 fully saturated rings. The van der Waals surface area contributed by atoms with Crippen LogP contribution in [-0.4, -0.2) is 12.6 Å². The molecule has 0 N–H and O–H groups in total. The van der Waals surface area contributed by atoms with E-state index in [2.05, 4.69) is 16.7 Å². The van der Waals surface area contributed by atoms with Crippen molar-refractivity contribution >= 4 is 5.69 Å². The van der Waals surface area contributed by atoms with Crippen molar-refractivity contribution in [2.75, 3.05) is 11.4 Å². The van der Waals surface area contributed by atoms with E-state index in [0.29, 0.717) is 0 Å². The predicted octanol–water partition coefficient (Wildman–Crippen LogP) is 5.12. The SMILES string of the molecule is FC(F)(F)c1ccc(N2CCCCC2C#Cc2ccccc2)cc1. The Kier molecular flexibility index (Phi) is 4.80. The maximum atomic E-state index is 12.7. The van der Waals surface area contributed by atoms with E-state index in [0.717, 1.165) is 49.2 Å². The highest BCUT2D eigenvalue weighted by Gasteiger charge is 2.30. The molecule has 1 aliphatic heterocycles. The minimum absolute atomic E-state index is 0.0377. The summed E-state index contributed by atoms with van der Waals surface area (Å²) >= 11 is 0. The molecule has 1 atom stereocenters. The number of hydrogen-bond donors (Lipinski definition) is 0. The van der Waals surface area contributed by atoms with Crippen molar-refractivity contribution in [3.8, 4) is 11.8 Å². The standard InChI is InChI=1S/C20H18F3N/c21-20(22,23)17-10-13-19(14-11-17)24-15-5-4-8-18(24)12-9-16-6-2-1-3-7-16/h1-3,6-7,10-11,13-14,18H,4-5,8,15H2. The van der Waals surface area contributed by atoms with Crippen molar-refractivity contribution < 1.29 is 13.2 Å². The second kappa shape index (κ2) is 7.00. The molecule has 4 heteroatoms. The predicted molar refractivity (Wildman–Crippen MR) is 89.7 cm³/mol. The van der Waals surface area contributed by atoms with Gasteiger partial charge < -0.3 is 4.90 Å². The van der Waals surface area contributed by atoms with Gasteiger partial charge in [-0.2, -0.15) is 13.2 Å². The van der Waals surface area contributed by atoms with Gasteiger partial charge in [0, 0.05) is 17.8 Å². The Morgan fingerprint density at radius 1 is 0.917 bits per heavy atom. The first-order chi connectivity index (χ1) is 11.5. The topological polar surface area (TPSA) is 3.24 Å². The molecule has 2 aromatic rings. The van der Waals surface area contributed by atoms with Gasteiger partial charge in [0.2, 0.25) is 0 Å². The van der Waals surface area contributed by atoms with Crippen LogP contribution in [0, 0.1) is 11.8 Å². The highest BCUT2D eigenvalue weighted by atomic mass is 19.4. The lowest BCUT2D eigenvalue weighted by Crippen LogP contribution is -2.38. The summed E-state index contributed by atoms with van der Waals surface area (Å²) in [6, 6.07) is 15.2. The highest BCUT2D eigenvalue weighted by molar-refractivity contribution is 5.52. The average Bonchev–Trinajstić information content (AvgIpc) is 2.60. The van der Waals surface area contributed by atoms with Crippen molar-refractivity contribution in [3.63, 3.8) is 0 Å². The normalized spacial score (nSPS) is 18.0. The molecule has 0 aromatic heterocycles. The zero-order valence-corrected chi connectivity index (χ0v) is 13.2. The first-order valence-corrected chi connectivity index (χ1v) is 8.04. The molecule has 1 aliphatic rings. The van der Waals surface area contributed by atoms with Crippen LogP contribution in [0.15, 0.2) is 54.6 Å². The number of hydrogen-bond acceptors (Lipinski definition) is 1. The number of halogens is 3. The third kappa shape index (κ3) is 3.91. The first kappa shape index (κ1) is 16.4. The van der Waals surface area contributed by atoms with Gasteiger partial charge in [-0.15, -0.1) is 0 Å². The van der Waals surface area contributed by atoms with Crippen molar-refractivity contribution in [2.45, 2.75) is 31.5 Å². The third-order valence-electron chi connectivity index (χ3n) is 4.19. The number of rotatable bonds is 1. The molecule has 1 heterocycles. The fourth-order valence-electron chi connectivity index (χ4n) is 2.92. The van der Waals surface area contributed by atoms with Crippen LogP contribution >= 0.6 is 0 Å². The Labute approximate surface area is 140 Å². The lowest BCUT2D eigenvalue weighted by atomic mass is 10.0. The summed E-state index contributed by atoms with van der Waals surface area (Å²) in [5, 5.41) is 0. The van der Waals surface area contributed by atoms with Gasteiger partial charge >= 0.3 is 6.18 Å². The molecule has 1 saturated heterocycles. The van der Waals surface area contributed by atoms with E-state index >= 15 is 0 Å². The molecule has 0 radical (unpaired) electrons. The fraction of sp³-hybridized carbons (Fsp3) is 0.300. The molecule has 0 spiro atoms. The number of nitrogens with zero attached hydrogens (tertiary/aromatic N) is 1. The molecule has 0 amide bonds. The van der Waals surface area contributed by atoms with Gasteiger partial charge in [0.1, 0.15) is 0 Å². The van der Waals surface area contributed by atoms with Crippen LogP contribution in [0.2, 0.25) is 0 Å². The molecule has 0 bridgehead atoms. The smallest absolute Gasteiger partial charge is 0.358 e. The van der Waals surface area contributed by atoms with Crippen molar-refractivity contribution in [2.24, 2.45) is 0 Å². The van der Waals surface area contributed by atoms with E-state index in [1.54, 1.807) is 12.1 Å². The van der Waals surface area contributed by atoms with Gasteiger partial charge in [-0.3, -0.25) is 0 Å². The zero-order chi connectivity index (χ0) is 17.0. The Balaban J connectivity index is 1.81. The summed E-state index contributed by atoms with van der Waals surface area (Å²) in [5.74, 6) is 6.46. The molecule has 124 valence electrons. The van der Waals surface area contributed by atoms with Gasteiger partial charge in [-0.1, -0.05) is 30.0 Å². The third-order valence-corrected chi connectivity index (χ3v) is 4.19. The molecule has 0 aliphatic carbocycles. The van der Waals surface area contributed by atoms with Crippen LogP contribution in [0.3, 0.4) is 0 Å². The van der Waals surface area contributed by atoms with Crippen LogP contribution in [0.5, 0.6) is 0 Å². The Morgan fingerprint density at radius 2 is 1.62 bits per heavy atom. The molecule has 0 saturated carbocycles. The average molecular weight is 329 g/mol. The minimum atomic E-state index is -4.30. The molecular weight excluding hydrogens is 311 g/mol. The van der Waals surface area contributed by atoms with Crippen LogP contribution in [0.1, 0.15) is 30.4 Å². The van der Waals surface area contributed by atoms with Crippen molar-refractivity contribution in [1.82, 2.24) is 0 Å². The summed E-state index contributed by atoms with van der Waals surface area (Å²) in [4.78, 5) is 2.11. The quantitative estimate of drug-likeness (QED) is 0.657. The van der Waals surface area contributed by atoms with Crippen LogP contribution in [0.4, 0.5) is 18.9 Å². The summed E-state index contributed by atoms with van der Waals surface area (Å²) in [6.45, 7) is 0.819. The van der Waals surface area contributed by atoms with E-state index < -0.39 is 11.7 Å². The lowest BCUT2D eigenvalue weighted by Gasteiger charge is -2.34. The van der Waals surface area contributed by atoms with E-state index in [9.17, 15) is 13.2 Å². The Hall–Kier alpha value is -2.41. The van der Waals surface area contributed by atoms with Gasteiger partial charge in [0.25, 0.3) is 0 Å². The summed E-state index contributed by atoms with van der Waals surface area (Å²) in [6.07, 6.45) is -1.25. The highest BCUT2D eigenvalue weighted by Crippen LogP contribution is 2.32. The molecule has 24 heavy (non-hydrogen) atoms. The number of benzene rings is 2. The van der Waals surface area contributed by atoms with Gasteiger partial charge in [0.15, 0.2) is 0 Å². The molecular formula is C20H18F3N. The van der Waals surface area contributed by atoms with Gasteiger partial charge in [-0.05, 0) is 55.7 Å². The largest absolute Gasteiger partial charge is 0.416 e. The second-order valence-electron chi connectivity index (χ2n) is 5.88. The van der Waals surface area contributed by atoms with Crippen LogP contribution in [-0.2, 0) is 6.18 Å². The Bertz CT molecular complexity index is 723. The summed E-state index contributed by atoms with van der Waals surface area (Å²) in [5.41, 5.74) is 1.14. The van der Waals surface area contributed by atoms with E-state index in [1.807, 2.05) is 30.3 Å². The summed E-state index contributed by atoms with van der Waals surface area (Å²) < 4.78 is 38.1. The van der Waals surface area contributed by atoms with Gasteiger partial charge in [0.05, 0.1) is 11.6 Å². The fourth-order valence-corrected chi connectivity index (χ4v) is 2.92. The molecule has 1 unspecified atom stereocenters. The van der Waals surface area contributed by atoms with Crippen LogP contribution in [0.25, 0.3) is 0 Å². The molecule has 3 rings (SSSR count). The maximum absolute atomic E-state index is 12.7. The zero-order valence-electron chi connectivity index (χ0n) is 13.2. The van der Waals surface area contributed by atoms with Gasteiger partial charge in [-0.25, -0.2) is 0 Å². The summed E-state index contributed by atoms with van der Waals surface area (Å²) in [7, 11) is 0.